The molecule has 51 heavy (non-hydrogen) atoms. The number of Topliss-reactive ketones (excluding diaryl/α,β-unsaturated/α-hetero) is 1. The number of halogens is 1. The standard InChI is InChI=1S/C44H62ClNO5/c1-27(2)35-31(47)23-43(20-21-46-25-28-10-9-11-29(45)22-28)18-16-39(5)30(36(35)43)12-13-32-40(39,6)17-19-44-26-42(44,8)33(14-15-41(32,44)7)51-34(48)24-38(3,4)37(49)50/h9-11,22,27,30,32-33,46H,12-21,23-26H2,1-8H3,(H,49,50)/t30-,32+,33+,39-,40-,41-,42?,43-,44+/m1/s1. The van der Waals surface area contributed by atoms with E-state index in [1.807, 2.05) is 18.2 Å². The Labute approximate surface area is 311 Å². The molecule has 280 valence electrons. The topological polar surface area (TPSA) is 92.7 Å². The first-order valence-corrected chi connectivity index (χ1v) is 20.3. The predicted molar refractivity (Wildman–Crippen MR) is 201 cm³/mol. The lowest BCUT2D eigenvalue weighted by atomic mass is 9.33. The van der Waals surface area contributed by atoms with Crippen LogP contribution in [0.4, 0.5) is 0 Å². The largest absolute Gasteiger partial charge is 0.481 e. The Morgan fingerprint density at radius 3 is 2.39 bits per heavy atom. The Morgan fingerprint density at radius 1 is 0.980 bits per heavy atom. The molecule has 6 aliphatic rings. The minimum absolute atomic E-state index is 0.0443. The Balaban J connectivity index is 1.13. The van der Waals surface area contributed by atoms with Crippen LogP contribution in [-0.2, 0) is 25.7 Å². The summed E-state index contributed by atoms with van der Waals surface area (Å²) in [6.07, 6.45) is 11.3. The second-order valence-corrected chi connectivity index (χ2v) is 20.3. The summed E-state index contributed by atoms with van der Waals surface area (Å²) < 4.78 is 6.21. The molecule has 0 aliphatic heterocycles. The number of ketones is 1. The van der Waals surface area contributed by atoms with Crippen LogP contribution < -0.4 is 5.32 Å². The Bertz CT molecular complexity index is 1670. The molecule has 0 amide bonds. The molecule has 0 radical (unpaired) electrons. The molecule has 6 nitrogen and oxygen atoms in total. The van der Waals surface area contributed by atoms with Gasteiger partial charge in [0.15, 0.2) is 5.78 Å². The van der Waals surface area contributed by atoms with Crippen molar-refractivity contribution in [3.05, 3.63) is 46.0 Å². The molecule has 0 aromatic heterocycles. The molecular weight excluding hydrogens is 658 g/mol. The molecule has 1 spiro atoms. The van der Waals surface area contributed by atoms with Crippen molar-refractivity contribution in [3.8, 4) is 0 Å². The van der Waals surface area contributed by atoms with Gasteiger partial charge in [-0.3, -0.25) is 14.4 Å². The average Bonchev–Trinajstić information content (AvgIpc) is 3.58. The van der Waals surface area contributed by atoms with E-state index >= 15 is 0 Å². The van der Waals surface area contributed by atoms with Gasteiger partial charge in [0, 0.05) is 28.8 Å². The van der Waals surface area contributed by atoms with E-state index < -0.39 is 11.4 Å². The average molecular weight is 720 g/mol. The van der Waals surface area contributed by atoms with Gasteiger partial charge >= 0.3 is 11.9 Å². The number of aliphatic carboxylic acids is 1. The highest BCUT2D eigenvalue weighted by molar-refractivity contribution is 6.30. The zero-order chi connectivity index (χ0) is 37.0. The smallest absolute Gasteiger partial charge is 0.309 e. The monoisotopic (exact) mass is 719 g/mol. The number of carbonyl (C=O) groups is 3. The summed E-state index contributed by atoms with van der Waals surface area (Å²) in [6, 6.07) is 8.06. The van der Waals surface area contributed by atoms with Crippen LogP contribution in [0.1, 0.15) is 138 Å². The van der Waals surface area contributed by atoms with Crippen LogP contribution in [0.25, 0.3) is 0 Å². The summed E-state index contributed by atoms with van der Waals surface area (Å²) in [5.41, 5.74) is 3.23. The van der Waals surface area contributed by atoms with E-state index in [9.17, 15) is 19.5 Å². The van der Waals surface area contributed by atoms with E-state index in [1.54, 1.807) is 19.4 Å². The van der Waals surface area contributed by atoms with Crippen molar-refractivity contribution in [2.24, 2.45) is 55.7 Å². The number of carboxylic acid groups (broad SMARTS) is 1. The van der Waals surface area contributed by atoms with Crippen molar-refractivity contribution in [1.82, 2.24) is 5.32 Å². The number of carboxylic acids is 1. The lowest BCUT2D eigenvalue weighted by Gasteiger charge is -2.71. The maximum Gasteiger partial charge on any atom is 0.309 e. The Kier molecular flexibility index (Phi) is 8.86. The molecule has 5 fully saturated rings. The lowest BCUT2D eigenvalue weighted by Crippen LogP contribution is -2.64. The number of allylic oxidation sites excluding steroid dienone is 2. The zero-order valence-corrected chi connectivity index (χ0v) is 33.2. The van der Waals surface area contributed by atoms with Crippen LogP contribution in [-0.4, -0.2) is 35.5 Å². The van der Waals surface area contributed by atoms with Crippen LogP contribution in [0.2, 0.25) is 5.02 Å². The molecule has 1 aromatic carbocycles. The van der Waals surface area contributed by atoms with E-state index in [0.29, 0.717) is 24.0 Å². The highest BCUT2D eigenvalue weighted by atomic mass is 35.5. The number of benzene rings is 1. The first-order chi connectivity index (χ1) is 23.8. The first-order valence-electron chi connectivity index (χ1n) is 20.0. The first kappa shape index (κ1) is 37.1. The van der Waals surface area contributed by atoms with Gasteiger partial charge in [-0.05, 0) is 147 Å². The van der Waals surface area contributed by atoms with Crippen LogP contribution in [0.5, 0.6) is 0 Å². The molecule has 2 N–H and O–H groups in total. The molecule has 6 aliphatic carbocycles. The fourth-order valence-electron chi connectivity index (χ4n) is 13.9. The summed E-state index contributed by atoms with van der Waals surface area (Å²) in [7, 11) is 0. The second-order valence-electron chi connectivity index (χ2n) is 19.9. The van der Waals surface area contributed by atoms with Crippen LogP contribution in [0.3, 0.4) is 0 Å². The van der Waals surface area contributed by atoms with Crippen molar-refractivity contribution >= 4 is 29.3 Å². The molecule has 7 rings (SSSR count). The van der Waals surface area contributed by atoms with Crippen LogP contribution in [0.15, 0.2) is 35.4 Å². The quantitative estimate of drug-likeness (QED) is 0.185. The summed E-state index contributed by atoms with van der Waals surface area (Å²) in [6.45, 7) is 19.5. The minimum atomic E-state index is -1.14. The summed E-state index contributed by atoms with van der Waals surface area (Å²) in [5.74, 6) is 0.302. The van der Waals surface area contributed by atoms with Crippen molar-refractivity contribution < 1.29 is 24.2 Å². The van der Waals surface area contributed by atoms with E-state index in [-0.39, 0.29) is 56.9 Å². The Hall–Kier alpha value is -2.18. The van der Waals surface area contributed by atoms with Gasteiger partial charge < -0.3 is 15.2 Å². The van der Waals surface area contributed by atoms with Gasteiger partial charge in [-0.15, -0.1) is 0 Å². The number of carbonyl (C=O) groups excluding carboxylic acids is 2. The Morgan fingerprint density at radius 2 is 1.71 bits per heavy atom. The predicted octanol–water partition coefficient (Wildman–Crippen LogP) is 9.97. The molecular formula is C44H62ClNO5. The molecule has 9 atom stereocenters. The molecule has 5 saturated carbocycles. The molecule has 0 bridgehead atoms. The third-order valence-electron chi connectivity index (χ3n) is 16.9. The minimum Gasteiger partial charge on any atom is -0.481 e. The SMILES string of the molecule is CC(C)C1=C2[C@H]3CC[C@@H]4[C@@]5(C)CC[C@H](OC(=O)CC(C)(C)C(=O)O)C6(C)C[C@]65CC[C@@]4(C)[C@]3(C)CC[C@@]2(CCNCc2cccc(Cl)c2)CC1=O. The number of hydrogen-bond acceptors (Lipinski definition) is 5. The number of rotatable bonds is 10. The van der Waals surface area contributed by atoms with Crippen molar-refractivity contribution in [2.45, 2.75) is 145 Å². The molecule has 7 heteroatoms. The number of ether oxygens (including phenoxy) is 1. The van der Waals surface area contributed by atoms with Gasteiger partial charge in [0.05, 0.1) is 11.8 Å². The van der Waals surface area contributed by atoms with Gasteiger partial charge in [-0.25, -0.2) is 0 Å². The number of esters is 1. The van der Waals surface area contributed by atoms with Gasteiger partial charge in [-0.1, -0.05) is 70.8 Å². The van der Waals surface area contributed by atoms with Gasteiger partial charge in [0.2, 0.25) is 0 Å². The summed E-state index contributed by atoms with van der Waals surface area (Å²) >= 11 is 6.26. The van der Waals surface area contributed by atoms with Crippen molar-refractivity contribution in [2.75, 3.05) is 6.54 Å². The zero-order valence-electron chi connectivity index (χ0n) is 32.5. The van der Waals surface area contributed by atoms with Crippen LogP contribution >= 0.6 is 11.6 Å². The van der Waals surface area contributed by atoms with E-state index in [4.69, 9.17) is 16.3 Å². The lowest BCUT2D eigenvalue weighted by molar-refractivity contribution is -0.218. The third-order valence-corrected chi connectivity index (χ3v) is 17.2. The maximum absolute atomic E-state index is 14.0. The molecule has 0 heterocycles. The maximum atomic E-state index is 14.0. The number of hydrogen-bond donors (Lipinski definition) is 2. The van der Waals surface area contributed by atoms with Crippen molar-refractivity contribution in [3.63, 3.8) is 0 Å². The molecule has 1 unspecified atom stereocenters. The number of fused-ring (bicyclic) bond motifs is 6. The van der Waals surface area contributed by atoms with E-state index in [0.717, 1.165) is 68.6 Å². The van der Waals surface area contributed by atoms with E-state index in [2.05, 4.69) is 52.9 Å². The van der Waals surface area contributed by atoms with Crippen LogP contribution in [0, 0.1) is 55.7 Å². The summed E-state index contributed by atoms with van der Waals surface area (Å²) in [4.78, 5) is 38.8. The van der Waals surface area contributed by atoms with Gasteiger partial charge in [-0.2, -0.15) is 0 Å². The summed E-state index contributed by atoms with van der Waals surface area (Å²) in [5, 5.41) is 14.1. The third kappa shape index (κ3) is 5.29. The number of nitrogens with one attached hydrogen (secondary N) is 1. The fraction of sp³-hybridized carbons (Fsp3) is 0.750. The highest BCUT2D eigenvalue weighted by Gasteiger charge is 2.82. The molecule has 1 aromatic rings. The van der Waals surface area contributed by atoms with Gasteiger partial charge in [0.1, 0.15) is 6.10 Å². The second kappa shape index (κ2) is 12.2. The van der Waals surface area contributed by atoms with Gasteiger partial charge in [0.25, 0.3) is 0 Å². The normalized spacial score (nSPS) is 41.3. The fourth-order valence-corrected chi connectivity index (χ4v) is 14.1. The van der Waals surface area contributed by atoms with E-state index in [1.165, 1.54) is 24.8 Å². The highest BCUT2D eigenvalue weighted by Crippen LogP contribution is 2.87. The van der Waals surface area contributed by atoms with Crippen molar-refractivity contribution in [1.29, 1.82) is 0 Å². The molecule has 0 saturated heterocycles.